The van der Waals surface area contributed by atoms with Gasteiger partial charge in [0.25, 0.3) is 0 Å². The molecular weight excluding hydrogens is 232 g/mol. The number of halogens is 1. The molecule has 1 N–H and O–H groups in total. The van der Waals surface area contributed by atoms with Crippen LogP contribution >= 0.6 is 12.4 Å². The van der Waals surface area contributed by atoms with E-state index in [-0.39, 0.29) is 12.4 Å². The highest BCUT2D eigenvalue weighted by atomic mass is 35.5. The molecule has 2 aliphatic rings. The van der Waals surface area contributed by atoms with Crippen molar-refractivity contribution in [2.45, 2.75) is 51.5 Å². The van der Waals surface area contributed by atoms with Gasteiger partial charge in [-0.15, -0.1) is 12.4 Å². The van der Waals surface area contributed by atoms with Crippen molar-refractivity contribution in [1.82, 2.24) is 10.2 Å². The van der Waals surface area contributed by atoms with Crippen LogP contribution in [0.15, 0.2) is 0 Å². The summed E-state index contributed by atoms with van der Waals surface area (Å²) in [6, 6.07) is 0.780. The molecule has 0 aromatic rings. The van der Waals surface area contributed by atoms with Crippen LogP contribution in [0.1, 0.15) is 45.4 Å². The maximum Gasteiger partial charge on any atom is 0.00884 e. The summed E-state index contributed by atoms with van der Waals surface area (Å²) in [6.45, 7) is 6.42. The van der Waals surface area contributed by atoms with Crippen molar-refractivity contribution < 1.29 is 0 Å². The van der Waals surface area contributed by atoms with Crippen molar-refractivity contribution in [3.63, 3.8) is 0 Å². The molecule has 0 aromatic carbocycles. The second-order valence-corrected chi connectivity index (χ2v) is 5.99. The first-order valence-corrected chi connectivity index (χ1v) is 7.17. The Labute approximate surface area is 113 Å². The van der Waals surface area contributed by atoms with Gasteiger partial charge in [0.15, 0.2) is 0 Å². The smallest absolute Gasteiger partial charge is 0.00884 e. The number of nitrogens with one attached hydrogen (secondary N) is 1. The van der Waals surface area contributed by atoms with Crippen LogP contribution in [-0.4, -0.2) is 37.6 Å². The number of hydrogen-bond acceptors (Lipinski definition) is 2. The summed E-state index contributed by atoms with van der Waals surface area (Å²) < 4.78 is 0. The molecule has 102 valence electrons. The zero-order valence-electron chi connectivity index (χ0n) is 11.5. The summed E-state index contributed by atoms with van der Waals surface area (Å²) in [5.41, 5.74) is 0. The molecule has 1 aliphatic carbocycles. The third-order valence-electron chi connectivity index (χ3n) is 4.65. The Morgan fingerprint density at radius 2 is 1.59 bits per heavy atom. The predicted molar refractivity (Wildman–Crippen MR) is 76.9 cm³/mol. The third-order valence-corrected chi connectivity index (χ3v) is 4.65. The Bertz CT molecular complexity index is 194. The van der Waals surface area contributed by atoms with E-state index in [1.54, 1.807) is 0 Å². The fourth-order valence-corrected chi connectivity index (χ4v) is 3.28. The van der Waals surface area contributed by atoms with Gasteiger partial charge in [0.2, 0.25) is 0 Å². The molecule has 0 unspecified atom stereocenters. The van der Waals surface area contributed by atoms with Gasteiger partial charge in [-0.3, -0.25) is 0 Å². The molecule has 0 aromatic heterocycles. The molecular formula is C14H29ClN2. The van der Waals surface area contributed by atoms with E-state index < -0.39 is 0 Å². The van der Waals surface area contributed by atoms with Gasteiger partial charge >= 0.3 is 0 Å². The molecule has 1 saturated carbocycles. The monoisotopic (exact) mass is 260 g/mol. The van der Waals surface area contributed by atoms with Crippen molar-refractivity contribution in [3.8, 4) is 0 Å². The van der Waals surface area contributed by atoms with E-state index in [1.807, 2.05) is 0 Å². The molecule has 2 fully saturated rings. The van der Waals surface area contributed by atoms with Crippen LogP contribution in [0.3, 0.4) is 0 Å². The van der Waals surface area contributed by atoms with Crippen LogP contribution < -0.4 is 5.32 Å². The molecule has 1 saturated heterocycles. The molecule has 0 atom stereocenters. The average Bonchev–Trinajstić information content (AvgIpc) is 2.33. The Morgan fingerprint density at radius 3 is 2.12 bits per heavy atom. The topological polar surface area (TPSA) is 15.3 Å². The Hall–Kier alpha value is 0.210. The highest BCUT2D eigenvalue weighted by molar-refractivity contribution is 5.85. The van der Waals surface area contributed by atoms with Gasteiger partial charge in [0, 0.05) is 12.6 Å². The lowest BCUT2D eigenvalue weighted by Gasteiger charge is -2.36. The largest absolute Gasteiger partial charge is 0.317 e. The van der Waals surface area contributed by atoms with Gasteiger partial charge in [-0.1, -0.05) is 19.8 Å². The van der Waals surface area contributed by atoms with Gasteiger partial charge in [-0.25, -0.2) is 0 Å². The van der Waals surface area contributed by atoms with Gasteiger partial charge in [0.1, 0.15) is 0 Å². The van der Waals surface area contributed by atoms with Crippen LogP contribution in [0, 0.1) is 11.8 Å². The van der Waals surface area contributed by atoms with Gasteiger partial charge in [-0.05, 0) is 57.7 Å². The lowest BCUT2D eigenvalue weighted by atomic mass is 9.82. The zero-order valence-corrected chi connectivity index (χ0v) is 12.3. The molecule has 3 heteroatoms. The number of rotatable bonds is 3. The second-order valence-electron chi connectivity index (χ2n) is 5.99. The van der Waals surface area contributed by atoms with Crippen molar-refractivity contribution in [2.24, 2.45) is 11.8 Å². The standard InChI is InChI=1S/C14H28N2.ClH/c1-12-3-5-13(6-4-12)11-16-9-7-14(15-2)8-10-16;/h12-15H,3-11H2,1-2H3;1H. The summed E-state index contributed by atoms with van der Waals surface area (Å²) in [5, 5.41) is 3.41. The fraction of sp³-hybridized carbons (Fsp3) is 1.00. The quantitative estimate of drug-likeness (QED) is 0.840. The Morgan fingerprint density at radius 1 is 1.00 bits per heavy atom. The van der Waals surface area contributed by atoms with Crippen molar-refractivity contribution in [1.29, 1.82) is 0 Å². The lowest BCUT2D eigenvalue weighted by Crippen LogP contribution is -2.43. The van der Waals surface area contributed by atoms with Crippen LogP contribution in [0.4, 0.5) is 0 Å². The average molecular weight is 261 g/mol. The first kappa shape index (κ1) is 15.3. The highest BCUT2D eigenvalue weighted by Crippen LogP contribution is 2.29. The molecule has 0 bridgehead atoms. The minimum atomic E-state index is 0. The maximum absolute atomic E-state index is 3.41. The van der Waals surface area contributed by atoms with E-state index in [2.05, 4.69) is 24.2 Å². The van der Waals surface area contributed by atoms with Gasteiger partial charge in [0.05, 0.1) is 0 Å². The normalized spacial score (nSPS) is 32.1. The molecule has 17 heavy (non-hydrogen) atoms. The maximum atomic E-state index is 3.41. The van der Waals surface area contributed by atoms with Crippen LogP contribution in [-0.2, 0) is 0 Å². The first-order valence-electron chi connectivity index (χ1n) is 7.17. The fourth-order valence-electron chi connectivity index (χ4n) is 3.28. The molecule has 0 radical (unpaired) electrons. The Balaban J connectivity index is 0.00000144. The molecule has 0 spiro atoms. The second kappa shape index (κ2) is 7.60. The van der Waals surface area contributed by atoms with Gasteiger partial charge < -0.3 is 10.2 Å². The molecule has 2 rings (SSSR count). The Kier molecular flexibility index (Phi) is 6.83. The van der Waals surface area contributed by atoms with E-state index in [9.17, 15) is 0 Å². The van der Waals surface area contributed by atoms with E-state index in [4.69, 9.17) is 0 Å². The minimum absolute atomic E-state index is 0. The summed E-state index contributed by atoms with van der Waals surface area (Å²) in [6.07, 6.45) is 8.59. The lowest BCUT2D eigenvalue weighted by molar-refractivity contribution is 0.149. The van der Waals surface area contributed by atoms with E-state index in [1.165, 1.54) is 58.2 Å². The summed E-state index contributed by atoms with van der Waals surface area (Å²) >= 11 is 0. The number of nitrogens with zero attached hydrogens (tertiary/aromatic N) is 1. The van der Waals surface area contributed by atoms with Crippen LogP contribution in [0.2, 0.25) is 0 Å². The minimum Gasteiger partial charge on any atom is -0.317 e. The van der Waals surface area contributed by atoms with E-state index in [0.717, 1.165) is 17.9 Å². The molecule has 1 aliphatic heterocycles. The molecule has 0 amide bonds. The summed E-state index contributed by atoms with van der Waals surface area (Å²) in [4.78, 5) is 2.70. The summed E-state index contributed by atoms with van der Waals surface area (Å²) in [7, 11) is 2.10. The summed E-state index contributed by atoms with van der Waals surface area (Å²) in [5.74, 6) is 1.99. The van der Waals surface area contributed by atoms with Crippen molar-refractivity contribution >= 4 is 12.4 Å². The number of likely N-dealkylation sites (tertiary alicyclic amines) is 1. The number of hydrogen-bond donors (Lipinski definition) is 1. The third kappa shape index (κ3) is 4.76. The SMILES string of the molecule is CNC1CCN(CC2CCC(C)CC2)CC1.Cl. The highest BCUT2D eigenvalue weighted by Gasteiger charge is 2.23. The van der Waals surface area contributed by atoms with Crippen molar-refractivity contribution in [2.75, 3.05) is 26.7 Å². The van der Waals surface area contributed by atoms with E-state index in [0.29, 0.717) is 0 Å². The molecule has 2 nitrogen and oxygen atoms in total. The predicted octanol–water partition coefficient (Wildman–Crippen LogP) is 2.92. The number of piperidine rings is 1. The van der Waals surface area contributed by atoms with E-state index >= 15 is 0 Å². The van der Waals surface area contributed by atoms with Crippen LogP contribution in [0.5, 0.6) is 0 Å². The van der Waals surface area contributed by atoms with Crippen LogP contribution in [0.25, 0.3) is 0 Å². The van der Waals surface area contributed by atoms with Gasteiger partial charge in [-0.2, -0.15) is 0 Å². The molecule has 1 heterocycles. The first-order chi connectivity index (χ1) is 7.78. The zero-order chi connectivity index (χ0) is 11.4. The van der Waals surface area contributed by atoms with Crippen molar-refractivity contribution in [3.05, 3.63) is 0 Å².